The smallest absolute Gasteiger partial charge is 0.253 e. The van der Waals surface area contributed by atoms with E-state index in [-0.39, 0.29) is 5.91 Å². The van der Waals surface area contributed by atoms with Gasteiger partial charge in [-0.1, -0.05) is 42.8 Å². The number of rotatable bonds is 4. The van der Waals surface area contributed by atoms with Gasteiger partial charge in [-0.3, -0.25) is 9.59 Å². The maximum atomic E-state index is 12.6. The van der Waals surface area contributed by atoms with E-state index in [0.717, 1.165) is 37.1 Å². The van der Waals surface area contributed by atoms with Gasteiger partial charge in [0.15, 0.2) is 0 Å². The summed E-state index contributed by atoms with van der Waals surface area (Å²) in [5, 5.41) is 3.63. The lowest BCUT2D eigenvalue weighted by Crippen LogP contribution is -2.72. The predicted octanol–water partition coefficient (Wildman–Crippen LogP) is 3.12. The van der Waals surface area contributed by atoms with Crippen molar-refractivity contribution in [2.45, 2.75) is 37.3 Å². The number of nitrogens with zero attached hydrogens (tertiary/aromatic N) is 2. The van der Waals surface area contributed by atoms with Gasteiger partial charge in [-0.05, 0) is 41.7 Å². The summed E-state index contributed by atoms with van der Waals surface area (Å²) in [5.41, 5.74) is 4.32. The van der Waals surface area contributed by atoms with E-state index in [0.29, 0.717) is 35.4 Å². The monoisotopic (exact) mass is 403 g/mol. The number of amides is 2. The lowest BCUT2D eigenvalue weighted by atomic mass is 9.73. The second-order valence-corrected chi connectivity index (χ2v) is 9.18. The molecule has 0 aromatic heterocycles. The quantitative estimate of drug-likeness (QED) is 0.853. The topological polar surface area (TPSA) is 52.7 Å². The molecule has 6 rings (SSSR count). The van der Waals surface area contributed by atoms with Crippen LogP contribution in [-0.4, -0.2) is 60.9 Å². The number of fused-ring (bicyclic) bond motifs is 2. The van der Waals surface area contributed by atoms with Gasteiger partial charge in [-0.2, -0.15) is 0 Å². The van der Waals surface area contributed by atoms with Crippen molar-refractivity contribution in [3.05, 3.63) is 59.7 Å². The Kier molecular flexibility index (Phi) is 4.86. The summed E-state index contributed by atoms with van der Waals surface area (Å²) in [6.07, 6.45) is 3.36. The third kappa shape index (κ3) is 3.31. The van der Waals surface area contributed by atoms with Crippen molar-refractivity contribution in [1.29, 1.82) is 0 Å². The minimum absolute atomic E-state index is 0.0192. The normalized spacial score (nSPS) is 25.3. The molecule has 1 aliphatic carbocycles. The first-order chi connectivity index (χ1) is 14.5. The van der Waals surface area contributed by atoms with Crippen LogP contribution < -0.4 is 5.32 Å². The molecule has 2 bridgehead atoms. The van der Waals surface area contributed by atoms with Gasteiger partial charge >= 0.3 is 0 Å². The zero-order chi connectivity index (χ0) is 20.8. The first-order valence-electron chi connectivity index (χ1n) is 11.0. The molecule has 30 heavy (non-hydrogen) atoms. The number of hydrogen-bond donors (Lipinski definition) is 1. The molecular weight excluding hydrogens is 374 g/mol. The van der Waals surface area contributed by atoms with E-state index in [1.54, 1.807) is 19.0 Å². The van der Waals surface area contributed by atoms with E-state index >= 15 is 0 Å². The van der Waals surface area contributed by atoms with Crippen molar-refractivity contribution < 1.29 is 9.59 Å². The molecule has 0 spiro atoms. The van der Waals surface area contributed by atoms with E-state index < -0.39 is 0 Å². The Balaban J connectivity index is 1.25. The number of hydrogen-bond acceptors (Lipinski definition) is 3. The minimum atomic E-state index is 0.0192. The molecule has 2 aromatic rings. The highest BCUT2D eigenvalue weighted by Crippen LogP contribution is 2.39. The van der Waals surface area contributed by atoms with Gasteiger partial charge in [0.1, 0.15) is 0 Å². The lowest BCUT2D eigenvalue weighted by molar-refractivity contribution is -0.143. The molecule has 1 N–H and O–H groups in total. The van der Waals surface area contributed by atoms with Crippen LogP contribution in [0.3, 0.4) is 0 Å². The Morgan fingerprint density at radius 1 is 0.900 bits per heavy atom. The lowest BCUT2D eigenvalue weighted by Gasteiger charge is -2.55. The average Bonchev–Trinajstić information content (AvgIpc) is 2.72. The summed E-state index contributed by atoms with van der Waals surface area (Å²) in [5.74, 6) is 1.18. The fraction of sp³-hybridized carbons (Fsp3) is 0.440. The van der Waals surface area contributed by atoms with E-state index in [2.05, 4.69) is 34.5 Å². The number of benzene rings is 2. The largest absolute Gasteiger partial charge is 0.345 e. The third-order valence-corrected chi connectivity index (χ3v) is 7.06. The molecular formula is C25H29N3O2. The van der Waals surface area contributed by atoms with E-state index in [1.165, 1.54) is 12.0 Å². The number of carbonyl (C=O) groups is 2. The predicted molar refractivity (Wildman–Crippen MR) is 117 cm³/mol. The Morgan fingerprint density at radius 2 is 1.47 bits per heavy atom. The molecule has 2 aromatic carbocycles. The van der Waals surface area contributed by atoms with Crippen LogP contribution >= 0.6 is 0 Å². The van der Waals surface area contributed by atoms with Gasteiger partial charge in [-0.15, -0.1) is 0 Å². The highest BCUT2D eigenvalue weighted by Gasteiger charge is 2.48. The first-order valence-corrected chi connectivity index (χ1v) is 11.0. The Hall–Kier alpha value is -2.66. The fourth-order valence-electron chi connectivity index (χ4n) is 5.05. The Bertz CT molecular complexity index is 935. The molecule has 4 fully saturated rings. The summed E-state index contributed by atoms with van der Waals surface area (Å²) in [4.78, 5) is 28.3. The Morgan fingerprint density at radius 3 is 1.97 bits per heavy atom. The number of piperidine rings is 1. The summed E-state index contributed by atoms with van der Waals surface area (Å²) < 4.78 is 0. The van der Waals surface area contributed by atoms with Crippen molar-refractivity contribution in [3.8, 4) is 11.1 Å². The van der Waals surface area contributed by atoms with Crippen molar-refractivity contribution >= 4 is 11.8 Å². The number of nitrogens with one attached hydrogen (secondary N) is 1. The van der Waals surface area contributed by atoms with Crippen molar-refractivity contribution in [3.63, 3.8) is 0 Å². The summed E-state index contributed by atoms with van der Waals surface area (Å²) in [7, 11) is 3.53. The van der Waals surface area contributed by atoms with Crippen LogP contribution in [0.1, 0.15) is 41.1 Å². The third-order valence-electron chi connectivity index (χ3n) is 7.06. The van der Waals surface area contributed by atoms with Crippen molar-refractivity contribution in [2.75, 3.05) is 27.2 Å². The molecule has 3 atom stereocenters. The summed E-state index contributed by atoms with van der Waals surface area (Å²) >= 11 is 0. The summed E-state index contributed by atoms with van der Waals surface area (Å²) in [6.45, 7) is 1.67. The zero-order valence-electron chi connectivity index (χ0n) is 17.7. The minimum Gasteiger partial charge on any atom is -0.345 e. The zero-order valence-corrected chi connectivity index (χ0v) is 17.7. The van der Waals surface area contributed by atoms with E-state index in [9.17, 15) is 9.59 Å². The maximum absolute atomic E-state index is 12.6. The molecule has 4 aliphatic rings. The number of carbonyl (C=O) groups excluding carboxylic acids is 2. The molecule has 0 radical (unpaired) electrons. The van der Waals surface area contributed by atoms with Gasteiger partial charge in [0.05, 0.1) is 0 Å². The van der Waals surface area contributed by atoms with Crippen molar-refractivity contribution in [1.82, 2.24) is 15.1 Å². The second kappa shape index (κ2) is 7.55. The molecule has 3 saturated heterocycles. The molecule has 5 nitrogen and oxygen atoms in total. The molecule has 1 unspecified atom stereocenters. The first kappa shape index (κ1) is 19.3. The molecule has 5 heteroatoms. The number of piperazine rings is 1. The van der Waals surface area contributed by atoms with Crippen LogP contribution in [0, 0.1) is 5.92 Å². The molecule has 2 amide bonds. The van der Waals surface area contributed by atoms with Crippen LogP contribution in [0.2, 0.25) is 0 Å². The van der Waals surface area contributed by atoms with Gasteiger partial charge in [-0.25, -0.2) is 0 Å². The maximum Gasteiger partial charge on any atom is 0.253 e. The second-order valence-electron chi connectivity index (χ2n) is 9.18. The van der Waals surface area contributed by atoms with Crippen molar-refractivity contribution in [2.24, 2.45) is 5.92 Å². The van der Waals surface area contributed by atoms with Gasteiger partial charge in [0, 0.05) is 56.7 Å². The van der Waals surface area contributed by atoms with Crippen LogP contribution in [0.25, 0.3) is 11.1 Å². The van der Waals surface area contributed by atoms with Crippen LogP contribution in [0.15, 0.2) is 48.5 Å². The van der Waals surface area contributed by atoms with E-state index in [1.807, 2.05) is 24.3 Å². The highest BCUT2D eigenvalue weighted by atomic mass is 16.2. The molecule has 3 heterocycles. The molecule has 156 valence electrons. The SMILES string of the molecule is CN(C)C(=O)c1ccc(-c2ccc(C3[C@@H]4CN(C(=O)C5CCC5)C[C@H]3N4)cc2)cc1. The van der Waals surface area contributed by atoms with Crippen LogP contribution in [0.5, 0.6) is 0 Å². The van der Waals surface area contributed by atoms with Gasteiger partial charge < -0.3 is 15.1 Å². The van der Waals surface area contributed by atoms with Crippen LogP contribution in [-0.2, 0) is 4.79 Å². The standard InChI is InChI=1S/C25H29N3O2/c1-27(2)24(29)20-12-8-17(9-13-20)16-6-10-18(11-7-16)23-21-14-28(15-22(23)26-21)25(30)19-4-3-5-19/h6-13,19,21-23,26H,3-5,14-15H2,1-2H3/t21-,22+,23?. The molecule has 1 saturated carbocycles. The highest BCUT2D eigenvalue weighted by molar-refractivity contribution is 5.94. The molecule has 3 aliphatic heterocycles. The Labute approximate surface area is 178 Å². The van der Waals surface area contributed by atoms with Crippen LogP contribution in [0.4, 0.5) is 0 Å². The van der Waals surface area contributed by atoms with Gasteiger partial charge in [0.2, 0.25) is 5.91 Å². The van der Waals surface area contributed by atoms with Gasteiger partial charge in [0.25, 0.3) is 5.91 Å². The van der Waals surface area contributed by atoms with E-state index in [4.69, 9.17) is 0 Å². The summed E-state index contributed by atoms with van der Waals surface area (Å²) in [6, 6.07) is 17.3. The fourth-order valence-corrected chi connectivity index (χ4v) is 5.05. The average molecular weight is 404 g/mol.